The van der Waals surface area contributed by atoms with Gasteiger partial charge in [0.2, 0.25) is 5.91 Å². The number of fused-ring (bicyclic) bond motifs is 1. The van der Waals surface area contributed by atoms with Gasteiger partial charge in [0, 0.05) is 29.9 Å². The molecule has 1 saturated heterocycles. The van der Waals surface area contributed by atoms with Gasteiger partial charge in [0.25, 0.3) is 0 Å². The molecule has 2 aromatic heterocycles. The Labute approximate surface area is 142 Å². The molecule has 4 rings (SSSR count). The Balaban J connectivity index is 1.34. The van der Waals surface area contributed by atoms with E-state index in [0.717, 1.165) is 50.7 Å². The molecular formula is C19H26N4O. The second-order valence-corrected chi connectivity index (χ2v) is 7.16. The Morgan fingerprint density at radius 2 is 2.04 bits per heavy atom. The zero-order valence-corrected chi connectivity index (χ0v) is 14.1. The Morgan fingerprint density at radius 3 is 2.83 bits per heavy atom. The van der Waals surface area contributed by atoms with E-state index in [9.17, 15) is 4.79 Å². The fourth-order valence-electron chi connectivity index (χ4n) is 4.16. The molecule has 0 radical (unpaired) electrons. The summed E-state index contributed by atoms with van der Waals surface area (Å²) in [6.07, 6.45) is 11.6. The van der Waals surface area contributed by atoms with Crippen molar-refractivity contribution in [3.05, 3.63) is 30.6 Å². The van der Waals surface area contributed by atoms with Crippen LogP contribution in [0, 0.1) is 0 Å². The molecule has 1 amide bonds. The monoisotopic (exact) mass is 326 g/mol. The molecule has 2 fully saturated rings. The van der Waals surface area contributed by atoms with E-state index in [1.54, 1.807) is 0 Å². The third-order valence-electron chi connectivity index (χ3n) is 5.54. The first kappa shape index (κ1) is 15.6. The standard InChI is InChI=1S/C19H26N4O/c24-19(17-5-1-2-11-20-17)22-15-6-8-16(9-7-15)23-13-10-14-4-3-12-21-18(14)23/h3-4,10,12-13,15-17,20H,1-2,5-9,11H2,(H,22,24)/t15?,16?,17-/m1/s1. The molecule has 1 saturated carbocycles. The summed E-state index contributed by atoms with van der Waals surface area (Å²) in [7, 11) is 0. The van der Waals surface area contributed by atoms with Crippen molar-refractivity contribution in [2.24, 2.45) is 0 Å². The Bertz CT molecular complexity index is 696. The molecule has 0 bridgehead atoms. The zero-order valence-electron chi connectivity index (χ0n) is 14.1. The van der Waals surface area contributed by atoms with Crippen LogP contribution >= 0.6 is 0 Å². The van der Waals surface area contributed by atoms with E-state index in [1.165, 1.54) is 11.8 Å². The maximum atomic E-state index is 12.4. The predicted octanol–water partition coefficient (Wildman–Crippen LogP) is 2.78. The lowest BCUT2D eigenvalue weighted by molar-refractivity contribution is -0.124. The van der Waals surface area contributed by atoms with Crippen molar-refractivity contribution in [1.29, 1.82) is 0 Å². The molecule has 0 spiro atoms. The minimum absolute atomic E-state index is 0.0223. The van der Waals surface area contributed by atoms with Gasteiger partial charge in [0.1, 0.15) is 5.65 Å². The lowest BCUT2D eigenvalue weighted by Crippen LogP contribution is -2.50. The number of amides is 1. The third-order valence-corrected chi connectivity index (χ3v) is 5.54. The van der Waals surface area contributed by atoms with Crippen LogP contribution in [0.2, 0.25) is 0 Å². The average Bonchev–Trinajstić information content (AvgIpc) is 3.07. The first-order valence-electron chi connectivity index (χ1n) is 9.26. The molecule has 0 aromatic carbocycles. The third kappa shape index (κ3) is 3.18. The van der Waals surface area contributed by atoms with E-state index in [1.807, 2.05) is 12.3 Å². The fraction of sp³-hybridized carbons (Fsp3) is 0.579. The number of carbonyl (C=O) groups excluding carboxylic acids is 1. The van der Waals surface area contributed by atoms with Gasteiger partial charge in [-0.1, -0.05) is 6.42 Å². The molecule has 1 aliphatic carbocycles. The second kappa shape index (κ2) is 6.93. The number of rotatable bonds is 3. The van der Waals surface area contributed by atoms with Gasteiger partial charge in [-0.05, 0) is 63.3 Å². The molecule has 1 atom stereocenters. The Hall–Kier alpha value is -1.88. The van der Waals surface area contributed by atoms with Crippen LogP contribution in [0.5, 0.6) is 0 Å². The number of carbonyl (C=O) groups is 1. The van der Waals surface area contributed by atoms with E-state index < -0.39 is 0 Å². The predicted molar refractivity (Wildman–Crippen MR) is 94.8 cm³/mol. The van der Waals surface area contributed by atoms with Gasteiger partial charge in [-0.15, -0.1) is 0 Å². The van der Waals surface area contributed by atoms with E-state index in [-0.39, 0.29) is 11.9 Å². The second-order valence-electron chi connectivity index (χ2n) is 7.16. The van der Waals surface area contributed by atoms with Gasteiger partial charge in [-0.2, -0.15) is 0 Å². The van der Waals surface area contributed by atoms with E-state index in [0.29, 0.717) is 12.1 Å². The largest absolute Gasteiger partial charge is 0.352 e. The maximum absolute atomic E-state index is 12.4. The van der Waals surface area contributed by atoms with Gasteiger partial charge < -0.3 is 15.2 Å². The number of nitrogens with zero attached hydrogens (tertiary/aromatic N) is 2. The first-order chi connectivity index (χ1) is 11.8. The summed E-state index contributed by atoms with van der Waals surface area (Å²) in [5.41, 5.74) is 1.08. The molecule has 3 heterocycles. The van der Waals surface area contributed by atoms with Crippen LogP contribution in [0.15, 0.2) is 30.6 Å². The van der Waals surface area contributed by atoms with Gasteiger partial charge >= 0.3 is 0 Å². The van der Waals surface area contributed by atoms with Crippen molar-refractivity contribution in [1.82, 2.24) is 20.2 Å². The summed E-state index contributed by atoms with van der Waals surface area (Å²) >= 11 is 0. The summed E-state index contributed by atoms with van der Waals surface area (Å²) < 4.78 is 2.32. The van der Waals surface area contributed by atoms with E-state index in [4.69, 9.17) is 0 Å². The number of aromatic nitrogens is 2. The molecule has 24 heavy (non-hydrogen) atoms. The SMILES string of the molecule is O=C(NC1CCC(n2ccc3cccnc32)CC1)[C@H]1CCCCN1. The highest BCUT2D eigenvalue weighted by Gasteiger charge is 2.27. The van der Waals surface area contributed by atoms with E-state index >= 15 is 0 Å². The van der Waals surface area contributed by atoms with Gasteiger partial charge in [-0.25, -0.2) is 4.98 Å². The molecule has 128 valence electrons. The number of hydrogen-bond acceptors (Lipinski definition) is 3. The number of nitrogens with one attached hydrogen (secondary N) is 2. The molecule has 1 aliphatic heterocycles. The topological polar surface area (TPSA) is 59.0 Å². The van der Waals surface area contributed by atoms with Crippen molar-refractivity contribution in [3.8, 4) is 0 Å². The molecule has 2 N–H and O–H groups in total. The van der Waals surface area contributed by atoms with Crippen LogP contribution < -0.4 is 10.6 Å². The first-order valence-corrected chi connectivity index (χ1v) is 9.26. The van der Waals surface area contributed by atoms with Crippen LogP contribution in [0.1, 0.15) is 51.0 Å². The number of hydrogen-bond donors (Lipinski definition) is 2. The zero-order chi connectivity index (χ0) is 16.4. The summed E-state index contributed by atoms with van der Waals surface area (Å²) in [6, 6.07) is 7.09. The van der Waals surface area contributed by atoms with Crippen LogP contribution in [0.25, 0.3) is 11.0 Å². The molecule has 2 aliphatic rings. The minimum Gasteiger partial charge on any atom is -0.352 e. The van der Waals surface area contributed by atoms with Gasteiger partial charge in [-0.3, -0.25) is 4.79 Å². The van der Waals surface area contributed by atoms with Crippen molar-refractivity contribution < 1.29 is 4.79 Å². The fourth-order valence-corrected chi connectivity index (χ4v) is 4.16. The number of pyridine rings is 1. The molecular weight excluding hydrogens is 300 g/mol. The van der Waals surface area contributed by atoms with Crippen LogP contribution in [-0.4, -0.2) is 34.1 Å². The van der Waals surface area contributed by atoms with Crippen LogP contribution in [-0.2, 0) is 4.79 Å². The Morgan fingerprint density at radius 1 is 1.17 bits per heavy atom. The summed E-state index contributed by atoms with van der Waals surface area (Å²) in [5.74, 6) is 0.200. The van der Waals surface area contributed by atoms with Crippen LogP contribution in [0.3, 0.4) is 0 Å². The highest BCUT2D eigenvalue weighted by Crippen LogP contribution is 2.31. The summed E-state index contributed by atoms with van der Waals surface area (Å²) in [4.78, 5) is 16.9. The molecule has 5 nitrogen and oxygen atoms in total. The molecule has 5 heteroatoms. The van der Waals surface area contributed by atoms with Crippen molar-refractivity contribution in [3.63, 3.8) is 0 Å². The lowest BCUT2D eigenvalue weighted by atomic mass is 9.90. The molecule has 2 aromatic rings. The summed E-state index contributed by atoms with van der Waals surface area (Å²) in [6.45, 7) is 0.971. The Kier molecular flexibility index (Phi) is 4.52. The highest BCUT2D eigenvalue weighted by atomic mass is 16.2. The van der Waals surface area contributed by atoms with Crippen molar-refractivity contribution in [2.75, 3.05) is 6.54 Å². The normalized spacial score (nSPS) is 27.9. The maximum Gasteiger partial charge on any atom is 0.237 e. The summed E-state index contributed by atoms with van der Waals surface area (Å²) in [5, 5.41) is 7.81. The van der Waals surface area contributed by atoms with Crippen molar-refractivity contribution >= 4 is 16.9 Å². The van der Waals surface area contributed by atoms with Crippen LogP contribution in [0.4, 0.5) is 0 Å². The van der Waals surface area contributed by atoms with Crippen molar-refractivity contribution in [2.45, 2.75) is 63.1 Å². The van der Waals surface area contributed by atoms with E-state index in [2.05, 4.69) is 38.5 Å². The van der Waals surface area contributed by atoms with Gasteiger partial charge in [0.05, 0.1) is 6.04 Å². The molecule has 0 unspecified atom stereocenters. The van der Waals surface area contributed by atoms with Gasteiger partial charge in [0.15, 0.2) is 0 Å². The lowest BCUT2D eigenvalue weighted by Gasteiger charge is -2.32. The quantitative estimate of drug-likeness (QED) is 0.912. The number of piperidine rings is 1. The average molecular weight is 326 g/mol. The minimum atomic E-state index is 0.0223. The smallest absolute Gasteiger partial charge is 0.237 e. The highest BCUT2D eigenvalue weighted by molar-refractivity contribution is 5.82.